The summed E-state index contributed by atoms with van der Waals surface area (Å²) in [6.07, 6.45) is 3.03. The summed E-state index contributed by atoms with van der Waals surface area (Å²) in [5.74, 6) is 0.0376. The van der Waals surface area contributed by atoms with E-state index < -0.39 is 6.09 Å². The van der Waals surface area contributed by atoms with Crippen LogP contribution in [0.5, 0.6) is 0 Å². The third kappa shape index (κ3) is 4.97. The van der Waals surface area contributed by atoms with Crippen LogP contribution in [0.15, 0.2) is 42.5 Å². The summed E-state index contributed by atoms with van der Waals surface area (Å²) in [5, 5.41) is 12.6. The van der Waals surface area contributed by atoms with Crippen LogP contribution in [0.2, 0.25) is 0 Å². The average Bonchev–Trinajstić information content (AvgIpc) is 3.58. The summed E-state index contributed by atoms with van der Waals surface area (Å²) in [6, 6.07) is 13.1. The first-order valence-electron chi connectivity index (χ1n) is 12.5. The molecule has 2 saturated heterocycles. The van der Waals surface area contributed by atoms with Crippen LogP contribution in [0.4, 0.5) is 16.2 Å². The summed E-state index contributed by atoms with van der Waals surface area (Å²) in [4.78, 5) is 43.5. The van der Waals surface area contributed by atoms with Crippen molar-refractivity contribution in [1.82, 2.24) is 9.80 Å². The molecule has 2 N–H and O–H groups in total. The van der Waals surface area contributed by atoms with Gasteiger partial charge in [0.25, 0.3) is 5.91 Å². The molecule has 2 aliphatic heterocycles. The normalized spacial score (nSPS) is 20.1. The number of amides is 3. The summed E-state index contributed by atoms with van der Waals surface area (Å²) in [6.45, 7) is 4.58. The number of nitrogens with one attached hydrogen (secondary N) is 1. The second kappa shape index (κ2) is 9.60. The second-order valence-corrected chi connectivity index (χ2v) is 9.84. The molecule has 1 saturated carbocycles. The number of benzene rings is 2. The van der Waals surface area contributed by atoms with Crippen molar-refractivity contribution in [3.63, 3.8) is 0 Å². The maximum atomic E-state index is 14.0. The monoisotopic (exact) mass is 476 g/mol. The van der Waals surface area contributed by atoms with Gasteiger partial charge in [0.05, 0.1) is 17.3 Å². The molecule has 2 heterocycles. The number of carboxylic acid groups (broad SMARTS) is 1. The van der Waals surface area contributed by atoms with E-state index in [1.165, 1.54) is 4.90 Å². The zero-order valence-electron chi connectivity index (χ0n) is 20.1. The Morgan fingerprint density at radius 1 is 0.943 bits per heavy atom. The maximum absolute atomic E-state index is 14.0. The van der Waals surface area contributed by atoms with E-state index >= 15 is 0 Å². The van der Waals surface area contributed by atoms with Crippen LogP contribution in [-0.2, 0) is 4.79 Å². The van der Waals surface area contributed by atoms with Crippen LogP contribution in [0.1, 0.15) is 53.2 Å². The van der Waals surface area contributed by atoms with Gasteiger partial charge in [-0.15, -0.1) is 0 Å². The van der Waals surface area contributed by atoms with Gasteiger partial charge in [-0.25, -0.2) is 4.79 Å². The van der Waals surface area contributed by atoms with Crippen molar-refractivity contribution < 1.29 is 19.5 Å². The highest BCUT2D eigenvalue weighted by Gasteiger charge is 2.36. The number of anilines is 2. The highest BCUT2D eigenvalue weighted by Crippen LogP contribution is 2.35. The average molecular weight is 477 g/mol. The smallest absolute Gasteiger partial charge is 0.407 e. The third-order valence-electron chi connectivity index (χ3n) is 7.26. The van der Waals surface area contributed by atoms with Crippen LogP contribution in [-0.4, -0.2) is 65.5 Å². The predicted molar refractivity (Wildman–Crippen MR) is 134 cm³/mol. The number of piperazine rings is 1. The maximum Gasteiger partial charge on any atom is 0.407 e. The first kappa shape index (κ1) is 23.2. The number of nitrogens with zero attached hydrogens (tertiary/aromatic N) is 3. The fraction of sp³-hybridized carbons (Fsp3) is 0.444. The Bertz CT molecular complexity index is 1120. The number of carbonyl (C=O) groups excluding carboxylic acids is 2. The quantitative estimate of drug-likeness (QED) is 0.677. The molecule has 5 rings (SSSR count). The van der Waals surface area contributed by atoms with E-state index in [0.717, 1.165) is 55.6 Å². The lowest BCUT2D eigenvalue weighted by molar-refractivity contribution is -0.117. The molecule has 35 heavy (non-hydrogen) atoms. The van der Waals surface area contributed by atoms with Crippen molar-refractivity contribution >= 4 is 29.3 Å². The lowest BCUT2D eigenvalue weighted by Gasteiger charge is -2.41. The van der Waals surface area contributed by atoms with Crippen LogP contribution in [0.25, 0.3) is 0 Å². The van der Waals surface area contributed by atoms with Gasteiger partial charge in [-0.3, -0.25) is 9.59 Å². The van der Waals surface area contributed by atoms with Crippen molar-refractivity contribution in [2.75, 3.05) is 42.9 Å². The minimum atomic E-state index is -0.970. The summed E-state index contributed by atoms with van der Waals surface area (Å²) >= 11 is 0. The summed E-state index contributed by atoms with van der Waals surface area (Å²) in [5.41, 5.74) is 4.18. The number of aryl methyl sites for hydroxylation is 1. The minimum absolute atomic E-state index is 0.0423. The first-order chi connectivity index (χ1) is 16.9. The Hall–Kier alpha value is -3.55. The molecule has 184 valence electrons. The van der Waals surface area contributed by atoms with Crippen LogP contribution < -0.4 is 10.2 Å². The van der Waals surface area contributed by atoms with Crippen molar-refractivity contribution in [3.05, 3.63) is 59.2 Å². The molecule has 3 amide bonds. The van der Waals surface area contributed by atoms with E-state index in [4.69, 9.17) is 0 Å². The zero-order chi connectivity index (χ0) is 24.5. The van der Waals surface area contributed by atoms with Crippen molar-refractivity contribution in [2.24, 2.45) is 5.92 Å². The largest absolute Gasteiger partial charge is 0.465 e. The fourth-order valence-electron chi connectivity index (χ4n) is 5.03. The predicted octanol–water partition coefficient (Wildman–Crippen LogP) is 4.12. The van der Waals surface area contributed by atoms with Crippen LogP contribution in [0, 0.1) is 12.8 Å². The molecule has 8 nitrogen and oxygen atoms in total. The molecule has 0 radical (unpaired) electrons. The molecule has 0 aromatic heterocycles. The lowest BCUT2D eigenvalue weighted by atomic mass is 9.99. The van der Waals surface area contributed by atoms with E-state index in [1.54, 1.807) is 0 Å². The van der Waals surface area contributed by atoms with E-state index in [-0.39, 0.29) is 36.9 Å². The highest BCUT2D eigenvalue weighted by molar-refractivity contribution is 6.02. The SMILES string of the molecule is Cc1ccc(C2CN(C(=O)O)CCN2C(=O)c2ccc(NC(=O)C3CC3)cc2N2CCCC2)cc1. The van der Waals surface area contributed by atoms with Gasteiger partial charge in [0.1, 0.15) is 0 Å². The van der Waals surface area contributed by atoms with E-state index in [2.05, 4.69) is 10.2 Å². The molecular formula is C27H32N4O4. The van der Waals surface area contributed by atoms with Crippen molar-refractivity contribution in [1.29, 1.82) is 0 Å². The molecule has 1 atom stereocenters. The molecular weight excluding hydrogens is 444 g/mol. The molecule has 3 aliphatic rings. The zero-order valence-corrected chi connectivity index (χ0v) is 20.1. The van der Waals surface area contributed by atoms with Crippen molar-refractivity contribution in [3.8, 4) is 0 Å². The molecule has 2 aromatic carbocycles. The number of rotatable bonds is 5. The molecule has 0 spiro atoms. The molecule has 3 fully saturated rings. The Labute approximate surface area is 205 Å². The van der Waals surface area contributed by atoms with Crippen LogP contribution in [0.3, 0.4) is 0 Å². The fourth-order valence-corrected chi connectivity index (χ4v) is 5.03. The standard InChI is InChI=1S/C27H32N4O4/c1-18-4-6-19(7-5-18)24-17-30(27(34)35)14-15-31(24)26(33)22-11-10-21(28-25(32)20-8-9-20)16-23(22)29-12-2-3-13-29/h4-7,10-11,16,20,24H,2-3,8-9,12-15,17H2,1H3,(H,28,32)(H,34,35). The topological polar surface area (TPSA) is 93.2 Å². The van der Waals surface area contributed by atoms with Gasteiger partial charge in [0.15, 0.2) is 0 Å². The van der Waals surface area contributed by atoms with E-state index in [0.29, 0.717) is 17.8 Å². The Balaban J connectivity index is 1.47. The molecule has 2 aromatic rings. The third-order valence-corrected chi connectivity index (χ3v) is 7.26. The van der Waals surface area contributed by atoms with Gasteiger partial charge >= 0.3 is 6.09 Å². The Morgan fingerprint density at radius 3 is 2.31 bits per heavy atom. The van der Waals surface area contributed by atoms with Crippen molar-refractivity contribution in [2.45, 2.75) is 38.6 Å². The Morgan fingerprint density at radius 2 is 1.66 bits per heavy atom. The van der Waals surface area contributed by atoms with Gasteiger partial charge < -0.3 is 25.1 Å². The van der Waals surface area contributed by atoms with E-state index in [1.807, 2.05) is 54.3 Å². The van der Waals surface area contributed by atoms with Gasteiger partial charge in [-0.1, -0.05) is 29.8 Å². The van der Waals surface area contributed by atoms with E-state index in [9.17, 15) is 19.5 Å². The van der Waals surface area contributed by atoms with Gasteiger partial charge in [0, 0.05) is 44.3 Å². The lowest BCUT2D eigenvalue weighted by Crippen LogP contribution is -2.52. The molecule has 8 heteroatoms. The Kier molecular flexibility index (Phi) is 6.36. The highest BCUT2D eigenvalue weighted by atomic mass is 16.4. The number of hydrogen-bond acceptors (Lipinski definition) is 4. The number of hydrogen-bond donors (Lipinski definition) is 2. The van der Waals surface area contributed by atoms with Gasteiger partial charge in [-0.2, -0.15) is 0 Å². The van der Waals surface area contributed by atoms with Gasteiger partial charge in [-0.05, 0) is 56.4 Å². The summed E-state index contributed by atoms with van der Waals surface area (Å²) in [7, 11) is 0. The first-order valence-corrected chi connectivity index (χ1v) is 12.5. The van der Waals surface area contributed by atoms with Crippen LogP contribution >= 0.6 is 0 Å². The number of carbonyl (C=O) groups is 3. The second-order valence-electron chi connectivity index (χ2n) is 9.84. The molecule has 1 unspecified atom stereocenters. The minimum Gasteiger partial charge on any atom is -0.465 e. The molecule has 0 bridgehead atoms. The van der Waals surface area contributed by atoms with Gasteiger partial charge in [0.2, 0.25) is 5.91 Å². The summed E-state index contributed by atoms with van der Waals surface area (Å²) < 4.78 is 0. The molecule has 1 aliphatic carbocycles.